The summed E-state index contributed by atoms with van der Waals surface area (Å²) in [5, 5.41) is 3.88. The van der Waals surface area contributed by atoms with Crippen molar-refractivity contribution in [2.24, 2.45) is 13.0 Å². The van der Waals surface area contributed by atoms with E-state index in [9.17, 15) is 9.59 Å². The van der Waals surface area contributed by atoms with Gasteiger partial charge in [0.25, 0.3) is 0 Å². The van der Waals surface area contributed by atoms with Gasteiger partial charge in [-0.15, -0.1) is 0 Å². The molecule has 1 aliphatic rings. The topological polar surface area (TPSA) is 54.3 Å². The average Bonchev–Trinajstić information content (AvgIpc) is 3.38. The van der Waals surface area contributed by atoms with Crippen LogP contribution in [0.15, 0.2) is 85.2 Å². The number of benzene rings is 3. The lowest BCUT2D eigenvalue weighted by Crippen LogP contribution is -2.32. The summed E-state index contributed by atoms with van der Waals surface area (Å²) in [6.07, 6.45) is 6.78. The Morgan fingerprint density at radius 3 is 2.13 bits per heavy atom. The fraction of sp³-hybridized carbons (Fsp3) is 0.273. The highest BCUT2D eigenvalue weighted by molar-refractivity contribution is 6.33. The van der Waals surface area contributed by atoms with E-state index in [2.05, 4.69) is 29.3 Å². The second kappa shape index (κ2) is 11.9. The monoisotopic (exact) mass is 539 g/mol. The zero-order valence-corrected chi connectivity index (χ0v) is 23.2. The molecule has 3 aromatic carbocycles. The largest absolute Gasteiger partial charge is 0.372 e. The number of nitrogens with one attached hydrogen (secondary N) is 1. The van der Waals surface area contributed by atoms with Gasteiger partial charge in [0.05, 0.1) is 10.7 Å². The van der Waals surface area contributed by atoms with E-state index in [4.69, 9.17) is 11.6 Å². The normalized spacial score (nSPS) is 13.9. The van der Waals surface area contributed by atoms with Crippen molar-refractivity contribution in [3.8, 4) is 0 Å². The van der Waals surface area contributed by atoms with Crippen molar-refractivity contribution in [3.63, 3.8) is 0 Å². The molecule has 6 heteroatoms. The lowest BCUT2D eigenvalue weighted by atomic mass is 9.98. The van der Waals surface area contributed by atoms with E-state index in [-0.39, 0.29) is 11.6 Å². The number of nitrogens with zero attached hydrogens (tertiary/aromatic N) is 2. The minimum absolute atomic E-state index is 0.0603. The lowest BCUT2D eigenvalue weighted by Gasteiger charge is -2.32. The van der Waals surface area contributed by atoms with Crippen LogP contribution in [0.1, 0.15) is 51.6 Å². The van der Waals surface area contributed by atoms with Gasteiger partial charge in [0.1, 0.15) is 0 Å². The first-order valence-corrected chi connectivity index (χ1v) is 13.9. The maximum Gasteiger partial charge on any atom is 0.168 e. The number of aryl methyl sites for hydroxylation is 1. The zero-order chi connectivity index (χ0) is 27.4. The highest BCUT2D eigenvalue weighted by Crippen LogP contribution is 2.28. The summed E-state index contributed by atoms with van der Waals surface area (Å²) in [6.45, 7) is 4.47. The minimum Gasteiger partial charge on any atom is -0.372 e. The third-order valence-electron chi connectivity index (χ3n) is 7.49. The maximum absolute atomic E-state index is 12.9. The molecule has 0 aliphatic carbocycles. The molecule has 0 amide bonds. The van der Waals surface area contributed by atoms with Crippen LogP contribution in [0.25, 0.3) is 0 Å². The van der Waals surface area contributed by atoms with Gasteiger partial charge in [-0.3, -0.25) is 9.59 Å². The Labute approximate surface area is 235 Å². The number of ketones is 2. The van der Waals surface area contributed by atoms with Crippen molar-refractivity contribution >= 4 is 40.2 Å². The molecule has 5 nitrogen and oxygen atoms in total. The van der Waals surface area contributed by atoms with Gasteiger partial charge >= 0.3 is 0 Å². The van der Waals surface area contributed by atoms with Crippen LogP contribution in [0.4, 0.5) is 17.1 Å². The van der Waals surface area contributed by atoms with Crippen LogP contribution in [0.2, 0.25) is 5.02 Å². The predicted octanol–water partition coefficient (Wildman–Crippen LogP) is 7.51. The molecule has 0 bridgehead atoms. The molecule has 1 fully saturated rings. The standard InChI is InChI=1S/C33H34ClN3O2/c1-23-13-17-37(18-14-23)29-10-6-26(7-11-29)32(38)20-24-3-8-28(9-4-24)35-31-12-5-25(19-30(31)34)21-33(39)27-15-16-36(2)22-27/h3-12,15-16,19,22-23,35H,13-14,17-18,20-21H2,1-2H3. The quantitative estimate of drug-likeness (QED) is 0.224. The second-order valence-electron chi connectivity index (χ2n) is 10.6. The molecule has 0 atom stereocenters. The van der Waals surface area contributed by atoms with E-state index in [0.717, 1.165) is 47.1 Å². The Morgan fingerprint density at radius 1 is 0.846 bits per heavy atom. The van der Waals surface area contributed by atoms with E-state index < -0.39 is 0 Å². The van der Waals surface area contributed by atoms with E-state index >= 15 is 0 Å². The zero-order valence-electron chi connectivity index (χ0n) is 22.5. The van der Waals surface area contributed by atoms with Crippen molar-refractivity contribution in [3.05, 3.63) is 112 Å². The van der Waals surface area contributed by atoms with Crippen LogP contribution < -0.4 is 10.2 Å². The molecule has 1 aromatic heterocycles. The Morgan fingerprint density at radius 2 is 1.49 bits per heavy atom. The van der Waals surface area contributed by atoms with E-state index in [1.807, 2.05) is 84.7 Å². The van der Waals surface area contributed by atoms with E-state index in [1.165, 1.54) is 18.5 Å². The van der Waals surface area contributed by atoms with E-state index in [0.29, 0.717) is 23.4 Å². The minimum atomic E-state index is 0.0603. The number of hydrogen-bond acceptors (Lipinski definition) is 4. The number of halogens is 1. The molecular weight excluding hydrogens is 506 g/mol. The fourth-order valence-corrected chi connectivity index (χ4v) is 5.25. The summed E-state index contributed by atoms with van der Waals surface area (Å²) in [5.74, 6) is 0.965. The molecule has 0 radical (unpaired) electrons. The van der Waals surface area contributed by atoms with Crippen LogP contribution in [0.3, 0.4) is 0 Å². The highest BCUT2D eigenvalue weighted by Gasteiger charge is 2.16. The lowest BCUT2D eigenvalue weighted by molar-refractivity contribution is 0.0985. The first-order chi connectivity index (χ1) is 18.8. The van der Waals surface area contributed by atoms with Gasteiger partial charge in [-0.05, 0) is 84.5 Å². The summed E-state index contributed by atoms with van der Waals surface area (Å²) < 4.78 is 1.86. The average molecular weight is 540 g/mol. The second-order valence-corrected chi connectivity index (χ2v) is 11.0. The van der Waals surface area contributed by atoms with Crippen LogP contribution >= 0.6 is 11.6 Å². The van der Waals surface area contributed by atoms with Crippen LogP contribution in [-0.4, -0.2) is 29.2 Å². The first kappa shape index (κ1) is 26.8. The SMILES string of the molecule is CC1CCN(c2ccc(C(=O)Cc3ccc(Nc4ccc(CC(=O)c5ccn(C)c5)cc4Cl)cc3)cc2)CC1. The molecule has 4 aromatic rings. The molecule has 200 valence electrons. The van der Waals surface area contributed by atoms with Crippen molar-refractivity contribution in [1.82, 2.24) is 4.57 Å². The fourth-order valence-electron chi connectivity index (χ4n) is 5.00. The highest BCUT2D eigenvalue weighted by atomic mass is 35.5. The van der Waals surface area contributed by atoms with Crippen molar-refractivity contribution in [1.29, 1.82) is 0 Å². The Balaban J connectivity index is 1.16. The summed E-state index contributed by atoms with van der Waals surface area (Å²) in [4.78, 5) is 27.8. The molecular formula is C33H34ClN3O2. The molecule has 1 aliphatic heterocycles. The summed E-state index contributed by atoms with van der Waals surface area (Å²) in [6, 6.07) is 23.3. The number of carbonyl (C=O) groups excluding carboxylic acids is 2. The smallest absolute Gasteiger partial charge is 0.168 e. The first-order valence-electron chi connectivity index (χ1n) is 13.5. The summed E-state index contributed by atoms with van der Waals surface area (Å²) in [7, 11) is 1.90. The maximum atomic E-state index is 12.9. The third kappa shape index (κ3) is 6.79. The van der Waals surface area contributed by atoms with Gasteiger partial charge in [0.15, 0.2) is 11.6 Å². The van der Waals surface area contributed by atoms with E-state index in [1.54, 1.807) is 0 Å². The molecule has 39 heavy (non-hydrogen) atoms. The molecule has 1 saturated heterocycles. The number of aromatic nitrogens is 1. The predicted molar refractivity (Wildman–Crippen MR) is 160 cm³/mol. The number of Topliss-reactive ketones (excluding diaryl/α,β-unsaturated/α-hetero) is 2. The van der Waals surface area contributed by atoms with Crippen molar-refractivity contribution < 1.29 is 9.59 Å². The molecule has 0 spiro atoms. The number of rotatable bonds is 9. The Hall–Kier alpha value is -3.83. The summed E-state index contributed by atoms with van der Waals surface area (Å²) >= 11 is 6.52. The van der Waals surface area contributed by atoms with Crippen LogP contribution in [0, 0.1) is 5.92 Å². The third-order valence-corrected chi connectivity index (χ3v) is 7.80. The van der Waals surface area contributed by atoms with Crippen LogP contribution in [0.5, 0.6) is 0 Å². The number of anilines is 3. The van der Waals surface area contributed by atoms with Crippen LogP contribution in [-0.2, 0) is 19.9 Å². The van der Waals surface area contributed by atoms with Gasteiger partial charge < -0.3 is 14.8 Å². The summed E-state index contributed by atoms with van der Waals surface area (Å²) in [5.41, 5.74) is 6.10. The number of piperidine rings is 1. The van der Waals surface area contributed by atoms with Gasteiger partial charge in [0.2, 0.25) is 0 Å². The molecule has 0 unspecified atom stereocenters. The van der Waals surface area contributed by atoms with Gasteiger partial charge in [-0.25, -0.2) is 0 Å². The molecule has 1 N–H and O–H groups in total. The van der Waals surface area contributed by atoms with Gasteiger partial charge in [0, 0.05) is 67.9 Å². The molecule has 0 saturated carbocycles. The molecule has 2 heterocycles. The Bertz CT molecular complexity index is 1450. The number of carbonyl (C=O) groups is 2. The number of hydrogen-bond donors (Lipinski definition) is 1. The Kier molecular flexibility index (Phi) is 8.18. The van der Waals surface area contributed by atoms with Crippen molar-refractivity contribution in [2.75, 3.05) is 23.3 Å². The van der Waals surface area contributed by atoms with Gasteiger partial charge in [-0.1, -0.05) is 36.7 Å². The molecule has 5 rings (SSSR count). The van der Waals surface area contributed by atoms with Gasteiger partial charge in [-0.2, -0.15) is 0 Å². The van der Waals surface area contributed by atoms with Crippen molar-refractivity contribution in [2.45, 2.75) is 32.6 Å².